The Balaban J connectivity index is 1.94. The van der Waals surface area contributed by atoms with Gasteiger partial charge in [0.2, 0.25) is 18.3 Å². The molecule has 7 heteroatoms. The third-order valence-corrected chi connectivity index (χ3v) is 6.66. The lowest BCUT2D eigenvalue weighted by atomic mass is 9.77. The van der Waals surface area contributed by atoms with Gasteiger partial charge in [-0.2, -0.15) is 0 Å². The van der Waals surface area contributed by atoms with E-state index in [1.165, 1.54) is 0 Å². The molecule has 2 bridgehead atoms. The van der Waals surface area contributed by atoms with Crippen LogP contribution in [0.3, 0.4) is 0 Å². The minimum atomic E-state index is -0.123. The molecule has 3 aliphatic heterocycles. The van der Waals surface area contributed by atoms with Gasteiger partial charge in [0, 0.05) is 11.1 Å². The monoisotopic (exact) mass is 414 g/mol. The lowest BCUT2D eigenvalue weighted by Gasteiger charge is -2.27. The Labute approximate surface area is 175 Å². The van der Waals surface area contributed by atoms with Crippen molar-refractivity contribution < 1.29 is 33.2 Å². The summed E-state index contributed by atoms with van der Waals surface area (Å²) in [5.41, 5.74) is 3.76. The maximum absolute atomic E-state index is 6.63. The first-order valence-corrected chi connectivity index (χ1v) is 10.0. The second-order valence-electron chi connectivity index (χ2n) is 7.91. The first-order valence-electron chi connectivity index (χ1n) is 10.0. The van der Waals surface area contributed by atoms with Crippen molar-refractivity contribution in [2.24, 2.45) is 11.8 Å². The smallest absolute Gasteiger partial charge is 0.231 e. The molecule has 5 rings (SSSR count). The number of methoxy groups -OCH3 is 4. The highest BCUT2D eigenvalue weighted by Gasteiger charge is 2.48. The first-order chi connectivity index (χ1) is 14.5. The number of rotatable bonds is 4. The van der Waals surface area contributed by atoms with Gasteiger partial charge in [-0.25, -0.2) is 0 Å². The SMILES string of the molecule is COc1cc2c(c(OC)c1OC)-c1c(cc3c(c1OC)OCO3)[C@@H]1O[C@@H]2[C@@H](C)[C@H]1C. The van der Waals surface area contributed by atoms with E-state index in [0.29, 0.717) is 46.3 Å². The number of benzene rings is 2. The van der Waals surface area contributed by atoms with Crippen molar-refractivity contribution in [2.45, 2.75) is 26.1 Å². The molecule has 3 heterocycles. The van der Waals surface area contributed by atoms with Crippen molar-refractivity contribution in [3.8, 4) is 45.6 Å². The van der Waals surface area contributed by atoms with Crippen LogP contribution in [0.15, 0.2) is 12.1 Å². The average molecular weight is 414 g/mol. The van der Waals surface area contributed by atoms with E-state index in [9.17, 15) is 0 Å². The number of hydrogen-bond acceptors (Lipinski definition) is 7. The molecular formula is C23H26O7. The van der Waals surface area contributed by atoms with Crippen molar-refractivity contribution in [3.63, 3.8) is 0 Å². The van der Waals surface area contributed by atoms with Crippen LogP contribution in [0.5, 0.6) is 34.5 Å². The van der Waals surface area contributed by atoms with Crippen LogP contribution in [0.25, 0.3) is 11.1 Å². The zero-order valence-corrected chi connectivity index (χ0v) is 18.0. The second-order valence-corrected chi connectivity index (χ2v) is 7.91. The van der Waals surface area contributed by atoms with Gasteiger partial charge in [-0.1, -0.05) is 13.8 Å². The summed E-state index contributed by atoms with van der Waals surface area (Å²) in [7, 11) is 6.50. The van der Waals surface area contributed by atoms with Gasteiger partial charge in [0.1, 0.15) is 0 Å². The van der Waals surface area contributed by atoms with E-state index >= 15 is 0 Å². The van der Waals surface area contributed by atoms with E-state index in [0.717, 1.165) is 22.3 Å². The minimum absolute atomic E-state index is 0.113. The molecule has 0 unspecified atom stereocenters. The van der Waals surface area contributed by atoms with E-state index in [1.54, 1.807) is 28.4 Å². The zero-order chi connectivity index (χ0) is 21.2. The van der Waals surface area contributed by atoms with E-state index in [4.69, 9.17) is 33.2 Å². The van der Waals surface area contributed by atoms with Gasteiger partial charge in [0.25, 0.3) is 0 Å². The van der Waals surface area contributed by atoms with Crippen molar-refractivity contribution in [3.05, 3.63) is 23.3 Å². The lowest BCUT2D eigenvalue weighted by Crippen LogP contribution is -2.15. The molecule has 1 saturated heterocycles. The molecule has 0 saturated carbocycles. The van der Waals surface area contributed by atoms with Gasteiger partial charge >= 0.3 is 0 Å². The van der Waals surface area contributed by atoms with Gasteiger partial charge in [-0.3, -0.25) is 0 Å². The molecule has 3 aliphatic rings. The van der Waals surface area contributed by atoms with E-state index < -0.39 is 0 Å². The van der Waals surface area contributed by atoms with Gasteiger partial charge < -0.3 is 33.2 Å². The fraction of sp³-hybridized carbons (Fsp3) is 0.478. The predicted octanol–water partition coefficient (Wildman–Crippen LogP) is 4.51. The number of fused-ring (bicyclic) bond motifs is 8. The molecule has 2 aromatic carbocycles. The molecule has 2 aromatic rings. The van der Waals surface area contributed by atoms with Crippen LogP contribution >= 0.6 is 0 Å². The highest BCUT2D eigenvalue weighted by molar-refractivity contribution is 5.89. The quantitative estimate of drug-likeness (QED) is 0.729. The van der Waals surface area contributed by atoms with Crippen LogP contribution in [0, 0.1) is 11.8 Å². The summed E-state index contributed by atoms with van der Waals surface area (Å²) in [5.74, 6) is 4.18. The summed E-state index contributed by atoms with van der Waals surface area (Å²) >= 11 is 0. The van der Waals surface area contributed by atoms with Crippen molar-refractivity contribution in [1.29, 1.82) is 0 Å². The summed E-state index contributed by atoms with van der Waals surface area (Å²) in [4.78, 5) is 0. The molecule has 0 spiro atoms. The first kappa shape index (κ1) is 19.2. The number of hydrogen-bond donors (Lipinski definition) is 0. The molecule has 0 aliphatic carbocycles. The van der Waals surface area contributed by atoms with Gasteiger partial charge in [0.05, 0.1) is 40.6 Å². The Bertz CT molecular complexity index is 1020. The molecule has 7 nitrogen and oxygen atoms in total. The van der Waals surface area contributed by atoms with Crippen LogP contribution < -0.4 is 28.4 Å². The molecule has 0 radical (unpaired) electrons. The molecule has 160 valence electrons. The lowest BCUT2D eigenvalue weighted by molar-refractivity contribution is 0.0312. The summed E-state index contributed by atoms with van der Waals surface area (Å²) in [5, 5.41) is 0. The highest BCUT2D eigenvalue weighted by atomic mass is 16.7. The van der Waals surface area contributed by atoms with Crippen LogP contribution in [0.2, 0.25) is 0 Å². The maximum atomic E-state index is 6.63. The maximum Gasteiger partial charge on any atom is 0.231 e. The molecular weight excluding hydrogens is 388 g/mol. The molecule has 0 aromatic heterocycles. The predicted molar refractivity (Wildman–Crippen MR) is 109 cm³/mol. The third kappa shape index (κ3) is 2.35. The summed E-state index contributed by atoms with van der Waals surface area (Å²) in [6.45, 7) is 4.60. The average Bonchev–Trinajstić information content (AvgIpc) is 3.31. The Hall–Kier alpha value is -2.80. The van der Waals surface area contributed by atoms with E-state index in [-0.39, 0.29) is 19.0 Å². The molecule has 0 amide bonds. The molecule has 0 N–H and O–H groups in total. The summed E-state index contributed by atoms with van der Waals surface area (Å²) in [6, 6.07) is 4.01. The topological polar surface area (TPSA) is 64.6 Å². The Morgan fingerprint density at radius 2 is 1.33 bits per heavy atom. The largest absolute Gasteiger partial charge is 0.493 e. The van der Waals surface area contributed by atoms with Crippen LogP contribution in [-0.2, 0) is 4.74 Å². The minimum Gasteiger partial charge on any atom is -0.493 e. The highest BCUT2D eigenvalue weighted by Crippen LogP contribution is 2.64. The summed E-state index contributed by atoms with van der Waals surface area (Å²) < 4.78 is 41.2. The van der Waals surface area contributed by atoms with Crippen molar-refractivity contribution in [2.75, 3.05) is 35.2 Å². The van der Waals surface area contributed by atoms with Crippen LogP contribution in [-0.4, -0.2) is 35.2 Å². The Morgan fingerprint density at radius 3 is 1.93 bits per heavy atom. The third-order valence-electron chi connectivity index (χ3n) is 6.66. The van der Waals surface area contributed by atoms with Crippen molar-refractivity contribution in [1.82, 2.24) is 0 Å². The van der Waals surface area contributed by atoms with E-state index in [1.807, 2.05) is 12.1 Å². The second kappa shape index (κ2) is 6.87. The molecule has 4 atom stereocenters. The zero-order valence-electron chi connectivity index (χ0n) is 18.0. The van der Waals surface area contributed by atoms with Gasteiger partial charge in [-0.15, -0.1) is 0 Å². The fourth-order valence-corrected chi connectivity index (χ4v) is 5.04. The summed E-state index contributed by atoms with van der Waals surface area (Å²) in [6.07, 6.45) is -0.236. The fourth-order valence-electron chi connectivity index (χ4n) is 5.04. The van der Waals surface area contributed by atoms with Crippen LogP contribution in [0.4, 0.5) is 0 Å². The number of ether oxygens (including phenoxy) is 7. The van der Waals surface area contributed by atoms with Crippen molar-refractivity contribution >= 4 is 0 Å². The van der Waals surface area contributed by atoms with Gasteiger partial charge in [0.15, 0.2) is 23.0 Å². The molecule has 30 heavy (non-hydrogen) atoms. The van der Waals surface area contributed by atoms with Gasteiger partial charge in [-0.05, 0) is 35.1 Å². The van der Waals surface area contributed by atoms with E-state index in [2.05, 4.69) is 13.8 Å². The normalized spacial score (nSPS) is 25.3. The standard InChI is InChI=1S/C23H26O7/c1-10-11(2)19-13-8-15-21(29-9-28-15)23(27-6)17(13)16-12(18(10)30-19)7-14(24-3)20(25-4)22(16)26-5/h7-8,10-11,18-19H,9H2,1-6H3/t10-,11+,18+,19+/m0/s1. The molecule has 1 fully saturated rings. The Morgan fingerprint density at radius 1 is 0.733 bits per heavy atom. The van der Waals surface area contributed by atoms with Crippen LogP contribution in [0.1, 0.15) is 37.2 Å². The Kier molecular flexibility index (Phi) is 4.39.